The normalized spacial score (nSPS) is 10.1. The second-order valence-corrected chi connectivity index (χ2v) is 3.52. The van der Waals surface area contributed by atoms with Gasteiger partial charge in [-0.25, -0.2) is 0 Å². The molecule has 2 rings (SSSR count). The Balaban J connectivity index is 2.28. The predicted octanol–water partition coefficient (Wildman–Crippen LogP) is 3.20. The topological polar surface area (TPSA) is 49.7 Å². The lowest BCUT2D eigenvalue weighted by atomic mass is 10.2. The van der Waals surface area contributed by atoms with Crippen molar-refractivity contribution in [1.82, 2.24) is 0 Å². The summed E-state index contributed by atoms with van der Waals surface area (Å²) in [5, 5.41) is 18.9. The van der Waals surface area contributed by atoms with Crippen LogP contribution in [0.1, 0.15) is 5.56 Å². The predicted molar refractivity (Wildman–Crippen MR) is 61.0 cm³/mol. The van der Waals surface area contributed by atoms with Crippen molar-refractivity contribution in [2.75, 3.05) is 0 Å². The molecule has 2 N–H and O–H groups in total. The standard InChI is InChI=1S/C13H12O3/c1-9-8-10(6-7-11(9)14)16-13-5-3-2-4-12(13)15/h2-8,14-15H,1H3. The fourth-order valence-electron chi connectivity index (χ4n) is 1.36. The summed E-state index contributed by atoms with van der Waals surface area (Å²) >= 11 is 0. The maximum Gasteiger partial charge on any atom is 0.169 e. The number of rotatable bonds is 2. The molecular weight excluding hydrogens is 204 g/mol. The summed E-state index contributed by atoms with van der Waals surface area (Å²) in [5.41, 5.74) is 0.730. The van der Waals surface area contributed by atoms with Crippen molar-refractivity contribution in [3.63, 3.8) is 0 Å². The van der Waals surface area contributed by atoms with Crippen LogP contribution in [0.3, 0.4) is 0 Å². The monoisotopic (exact) mass is 216 g/mol. The number of benzene rings is 2. The number of ether oxygens (including phenoxy) is 1. The van der Waals surface area contributed by atoms with Crippen LogP contribution in [-0.2, 0) is 0 Å². The van der Waals surface area contributed by atoms with Gasteiger partial charge in [0.2, 0.25) is 0 Å². The van der Waals surface area contributed by atoms with Crippen LogP contribution in [0.5, 0.6) is 23.0 Å². The number of para-hydroxylation sites is 2. The van der Waals surface area contributed by atoms with Crippen LogP contribution >= 0.6 is 0 Å². The first-order valence-corrected chi connectivity index (χ1v) is 4.92. The van der Waals surface area contributed by atoms with Crippen molar-refractivity contribution >= 4 is 0 Å². The summed E-state index contributed by atoms with van der Waals surface area (Å²) in [6, 6.07) is 11.7. The zero-order valence-electron chi connectivity index (χ0n) is 8.84. The highest BCUT2D eigenvalue weighted by Crippen LogP contribution is 2.31. The van der Waals surface area contributed by atoms with E-state index in [1.165, 1.54) is 0 Å². The fourth-order valence-corrected chi connectivity index (χ4v) is 1.36. The van der Waals surface area contributed by atoms with E-state index in [0.717, 1.165) is 5.56 Å². The highest BCUT2D eigenvalue weighted by Gasteiger charge is 2.03. The SMILES string of the molecule is Cc1cc(Oc2ccccc2O)ccc1O. The zero-order valence-corrected chi connectivity index (χ0v) is 8.84. The third-order valence-electron chi connectivity index (χ3n) is 2.26. The molecule has 0 saturated heterocycles. The summed E-state index contributed by atoms with van der Waals surface area (Å²) in [6.45, 7) is 1.78. The number of hydrogen-bond donors (Lipinski definition) is 2. The molecule has 0 aliphatic carbocycles. The van der Waals surface area contributed by atoms with Gasteiger partial charge < -0.3 is 14.9 Å². The number of hydrogen-bond acceptors (Lipinski definition) is 3. The Morgan fingerprint density at radius 3 is 2.38 bits per heavy atom. The highest BCUT2D eigenvalue weighted by atomic mass is 16.5. The quantitative estimate of drug-likeness (QED) is 0.810. The number of aromatic hydroxyl groups is 2. The van der Waals surface area contributed by atoms with E-state index in [-0.39, 0.29) is 11.5 Å². The molecule has 0 aliphatic heterocycles. The van der Waals surface area contributed by atoms with Gasteiger partial charge in [-0.3, -0.25) is 0 Å². The zero-order chi connectivity index (χ0) is 11.5. The summed E-state index contributed by atoms with van der Waals surface area (Å²) in [7, 11) is 0. The van der Waals surface area contributed by atoms with Crippen molar-refractivity contribution in [2.45, 2.75) is 6.92 Å². The van der Waals surface area contributed by atoms with E-state index in [4.69, 9.17) is 4.74 Å². The van der Waals surface area contributed by atoms with Gasteiger partial charge in [0.15, 0.2) is 11.5 Å². The molecule has 2 aromatic rings. The molecule has 3 heteroatoms. The Morgan fingerprint density at radius 1 is 0.938 bits per heavy atom. The molecule has 0 fully saturated rings. The molecular formula is C13H12O3. The van der Waals surface area contributed by atoms with Gasteiger partial charge in [-0.15, -0.1) is 0 Å². The largest absolute Gasteiger partial charge is 0.508 e. The second kappa shape index (κ2) is 4.14. The molecule has 2 aromatic carbocycles. The van der Waals surface area contributed by atoms with E-state index >= 15 is 0 Å². The lowest BCUT2D eigenvalue weighted by molar-refractivity contribution is 0.410. The maximum atomic E-state index is 9.52. The lowest BCUT2D eigenvalue weighted by Crippen LogP contribution is -1.85. The van der Waals surface area contributed by atoms with Gasteiger partial charge in [0.25, 0.3) is 0 Å². The highest BCUT2D eigenvalue weighted by molar-refractivity contribution is 5.44. The van der Waals surface area contributed by atoms with E-state index in [1.807, 2.05) is 0 Å². The van der Waals surface area contributed by atoms with Crippen LogP contribution in [0, 0.1) is 6.92 Å². The van der Waals surface area contributed by atoms with Gasteiger partial charge in [0.05, 0.1) is 0 Å². The van der Waals surface area contributed by atoms with E-state index in [1.54, 1.807) is 49.4 Å². The summed E-state index contributed by atoms with van der Waals surface area (Å²) in [5.74, 6) is 1.29. The maximum absolute atomic E-state index is 9.52. The van der Waals surface area contributed by atoms with Crippen LogP contribution in [-0.4, -0.2) is 10.2 Å². The van der Waals surface area contributed by atoms with Crippen LogP contribution in [0.4, 0.5) is 0 Å². The van der Waals surface area contributed by atoms with Crippen molar-refractivity contribution in [3.8, 4) is 23.0 Å². The third kappa shape index (κ3) is 2.08. The Labute approximate surface area is 93.6 Å². The van der Waals surface area contributed by atoms with Crippen LogP contribution < -0.4 is 4.74 Å². The molecule has 82 valence electrons. The minimum Gasteiger partial charge on any atom is -0.508 e. The summed E-state index contributed by atoms with van der Waals surface area (Å²) in [4.78, 5) is 0. The Morgan fingerprint density at radius 2 is 1.69 bits per heavy atom. The molecule has 0 bridgehead atoms. The molecule has 0 spiro atoms. The number of phenols is 2. The number of aryl methyl sites for hydroxylation is 1. The molecule has 0 unspecified atom stereocenters. The molecule has 3 nitrogen and oxygen atoms in total. The first-order valence-electron chi connectivity index (χ1n) is 4.92. The van der Waals surface area contributed by atoms with Gasteiger partial charge in [0, 0.05) is 0 Å². The molecule has 0 aliphatic rings. The van der Waals surface area contributed by atoms with Crippen LogP contribution in [0.25, 0.3) is 0 Å². The first-order chi connectivity index (χ1) is 7.66. The Hall–Kier alpha value is -2.16. The molecule has 0 radical (unpaired) electrons. The Bertz CT molecular complexity index is 506. The minimum atomic E-state index is 0.0910. The van der Waals surface area contributed by atoms with E-state index < -0.39 is 0 Å². The summed E-state index contributed by atoms with van der Waals surface area (Å²) in [6.07, 6.45) is 0. The smallest absolute Gasteiger partial charge is 0.169 e. The molecule has 0 amide bonds. The average molecular weight is 216 g/mol. The van der Waals surface area contributed by atoms with Gasteiger partial charge >= 0.3 is 0 Å². The van der Waals surface area contributed by atoms with Crippen molar-refractivity contribution < 1.29 is 14.9 Å². The number of phenolic OH excluding ortho intramolecular Hbond substituents is 2. The molecule has 16 heavy (non-hydrogen) atoms. The van der Waals surface area contributed by atoms with E-state index in [9.17, 15) is 10.2 Å². The molecule has 0 saturated carbocycles. The van der Waals surface area contributed by atoms with Crippen LogP contribution in [0.15, 0.2) is 42.5 Å². The van der Waals surface area contributed by atoms with Gasteiger partial charge in [-0.2, -0.15) is 0 Å². The minimum absolute atomic E-state index is 0.0910. The van der Waals surface area contributed by atoms with Gasteiger partial charge in [-0.1, -0.05) is 12.1 Å². The van der Waals surface area contributed by atoms with Gasteiger partial charge in [0.1, 0.15) is 11.5 Å². The van der Waals surface area contributed by atoms with Crippen molar-refractivity contribution in [2.24, 2.45) is 0 Å². The van der Waals surface area contributed by atoms with E-state index in [2.05, 4.69) is 0 Å². The van der Waals surface area contributed by atoms with E-state index in [0.29, 0.717) is 11.5 Å². The third-order valence-corrected chi connectivity index (χ3v) is 2.26. The lowest BCUT2D eigenvalue weighted by Gasteiger charge is -2.08. The second-order valence-electron chi connectivity index (χ2n) is 3.52. The van der Waals surface area contributed by atoms with Crippen LogP contribution in [0.2, 0.25) is 0 Å². The Kier molecular flexibility index (Phi) is 2.68. The summed E-state index contributed by atoms with van der Waals surface area (Å²) < 4.78 is 5.48. The van der Waals surface area contributed by atoms with Gasteiger partial charge in [-0.05, 0) is 42.8 Å². The molecule has 0 aromatic heterocycles. The molecule has 0 atom stereocenters. The molecule has 0 heterocycles. The first kappa shape index (κ1) is 10.4. The average Bonchev–Trinajstić information content (AvgIpc) is 2.27. The van der Waals surface area contributed by atoms with Crippen molar-refractivity contribution in [1.29, 1.82) is 0 Å². The fraction of sp³-hybridized carbons (Fsp3) is 0.0769. The van der Waals surface area contributed by atoms with Crippen molar-refractivity contribution in [3.05, 3.63) is 48.0 Å².